The van der Waals surface area contributed by atoms with E-state index in [9.17, 15) is 9.59 Å². The number of carbonyl (C=O) groups is 2. The average Bonchev–Trinajstić information content (AvgIpc) is 2.76. The molecule has 1 saturated carbocycles. The van der Waals surface area contributed by atoms with Gasteiger partial charge in [0.25, 0.3) is 5.91 Å². The maximum atomic E-state index is 13.2. The van der Waals surface area contributed by atoms with E-state index >= 15 is 0 Å². The minimum atomic E-state index is -0.277. The summed E-state index contributed by atoms with van der Waals surface area (Å²) in [5.41, 5.74) is 1.67. The molecular weight excluding hydrogens is 350 g/mol. The SMILES string of the molecule is CN1CC(C(=O)NCC2(N3CCCCC3)CCCCC2)c2ccccc2C1=O. The topological polar surface area (TPSA) is 52.7 Å². The molecule has 1 unspecified atom stereocenters. The fraction of sp³-hybridized carbons (Fsp3) is 0.652. The third-order valence-electron chi connectivity index (χ3n) is 7.09. The van der Waals surface area contributed by atoms with Gasteiger partial charge in [-0.15, -0.1) is 0 Å². The Balaban J connectivity index is 1.49. The van der Waals surface area contributed by atoms with Crippen molar-refractivity contribution < 1.29 is 9.59 Å². The normalized spacial score (nSPS) is 25.2. The van der Waals surface area contributed by atoms with Crippen LogP contribution in [-0.2, 0) is 4.79 Å². The van der Waals surface area contributed by atoms with Crippen LogP contribution < -0.4 is 5.32 Å². The molecule has 4 rings (SSSR count). The molecule has 5 nitrogen and oxygen atoms in total. The van der Waals surface area contributed by atoms with Crippen molar-refractivity contribution in [3.8, 4) is 0 Å². The molecule has 0 radical (unpaired) electrons. The van der Waals surface area contributed by atoms with Gasteiger partial charge in [0.15, 0.2) is 0 Å². The third-order valence-corrected chi connectivity index (χ3v) is 7.09. The second-order valence-corrected chi connectivity index (χ2v) is 8.88. The Morgan fingerprint density at radius 2 is 1.75 bits per heavy atom. The summed E-state index contributed by atoms with van der Waals surface area (Å²) in [6.45, 7) is 3.53. The number of carbonyl (C=O) groups excluding carboxylic acids is 2. The molecule has 3 aliphatic rings. The van der Waals surface area contributed by atoms with E-state index in [-0.39, 0.29) is 23.3 Å². The van der Waals surface area contributed by atoms with Gasteiger partial charge in [-0.1, -0.05) is 43.9 Å². The predicted octanol–water partition coefficient (Wildman–Crippen LogP) is 3.16. The first-order chi connectivity index (χ1) is 13.6. The first-order valence-corrected chi connectivity index (χ1v) is 11.0. The van der Waals surface area contributed by atoms with Gasteiger partial charge < -0.3 is 10.2 Å². The summed E-state index contributed by atoms with van der Waals surface area (Å²) < 4.78 is 0. The number of fused-ring (bicyclic) bond motifs is 1. The highest BCUT2D eigenvalue weighted by Gasteiger charge is 2.40. The van der Waals surface area contributed by atoms with Gasteiger partial charge in [-0.3, -0.25) is 14.5 Å². The highest BCUT2D eigenvalue weighted by Crippen LogP contribution is 2.35. The fourth-order valence-corrected chi connectivity index (χ4v) is 5.44. The molecule has 152 valence electrons. The molecule has 1 saturated heterocycles. The monoisotopic (exact) mass is 383 g/mol. The van der Waals surface area contributed by atoms with Crippen molar-refractivity contribution in [3.63, 3.8) is 0 Å². The van der Waals surface area contributed by atoms with Gasteiger partial charge in [-0.2, -0.15) is 0 Å². The average molecular weight is 384 g/mol. The Morgan fingerprint density at radius 1 is 1.07 bits per heavy atom. The van der Waals surface area contributed by atoms with Gasteiger partial charge in [0.1, 0.15) is 0 Å². The zero-order valence-electron chi connectivity index (χ0n) is 17.1. The van der Waals surface area contributed by atoms with E-state index in [2.05, 4.69) is 10.2 Å². The second-order valence-electron chi connectivity index (χ2n) is 8.88. The largest absolute Gasteiger partial charge is 0.354 e. The summed E-state index contributed by atoms with van der Waals surface area (Å²) in [5.74, 6) is -0.202. The van der Waals surface area contributed by atoms with E-state index in [1.807, 2.05) is 24.3 Å². The summed E-state index contributed by atoms with van der Waals surface area (Å²) in [5, 5.41) is 3.32. The van der Waals surface area contributed by atoms with E-state index in [0.29, 0.717) is 12.1 Å². The lowest BCUT2D eigenvalue weighted by atomic mass is 9.79. The Labute approximate surface area is 168 Å². The molecule has 2 heterocycles. The van der Waals surface area contributed by atoms with Crippen molar-refractivity contribution in [1.82, 2.24) is 15.1 Å². The third kappa shape index (κ3) is 3.69. The number of amides is 2. The molecular formula is C23H33N3O2. The van der Waals surface area contributed by atoms with Gasteiger partial charge in [-0.05, 0) is 50.4 Å². The van der Waals surface area contributed by atoms with Crippen LogP contribution in [0.15, 0.2) is 24.3 Å². The number of benzene rings is 1. The van der Waals surface area contributed by atoms with Crippen LogP contribution in [0, 0.1) is 0 Å². The number of hydrogen-bond donors (Lipinski definition) is 1. The molecule has 1 aliphatic carbocycles. The van der Waals surface area contributed by atoms with Crippen LogP contribution in [-0.4, -0.2) is 60.4 Å². The maximum Gasteiger partial charge on any atom is 0.253 e. The standard InChI is InChI=1S/C23H33N3O2/c1-25-16-20(18-10-4-5-11-19(18)22(25)28)21(27)24-17-23(12-6-2-7-13-23)26-14-8-3-9-15-26/h4-5,10-11,20H,2-3,6-9,12-17H2,1H3,(H,24,27). The predicted molar refractivity (Wildman–Crippen MR) is 110 cm³/mol. The van der Waals surface area contributed by atoms with Gasteiger partial charge in [0.2, 0.25) is 5.91 Å². The Bertz CT molecular complexity index is 720. The number of rotatable bonds is 4. The van der Waals surface area contributed by atoms with Gasteiger partial charge in [-0.25, -0.2) is 0 Å². The van der Waals surface area contributed by atoms with Crippen LogP contribution in [0.2, 0.25) is 0 Å². The summed E-state index contributed by atoms with van der Waals surface area (Å²) in [7, 11) is 1.79. The minimum absolute atomic E-state index is 0.0108. The van der Waals surface area contributed by atoms with Crippen molar-refractivity contribution >= 4 is 11.8 Å². The van der Waals surface area contributed by atoms with Crippen LogP contribution in [0.1, 0.15) is 73.2 Å². The molecule has 1 aromatic carbocycles. The van der Waals surface area contributed by atoms with E-state index in [1.165, 1.54) is 64.5 Å². The highest BCUT2D eigenvalue weighted by atomic mass is 16.2. The molecule has 0 aromatic heterocycles. The second kappa shape index (κ2) is 8.24. The van der Waals surface area contributed by atoms with Crippen LogP contribution in [0.3, 0.4) is 0 Å². The maximum absolute atomic E-state index is 13.2. The summed E-state index contributed by atoms with van der Waals surface area (Å²) in [6.07, 6.45) is 10.1. The molecule has 2 fully saturated rings. The lowest BCUT2D eigenvalue weighted by Crippen LogP contribution is -2.58. The summed E-state index contributed by atoms with van der Waals surface area (Å²) in [4.78, 5) is 30.0. The summed E-state index contributed by atoms with van der Waals surface area (Å²) in [6, 6.07) is 7.57. The molecule has 28 heavy (non-hydrogen) atoms. The van der Waals surface area contributed by atoms with Gasteiger partial charge in [0.05, 0.1) is 5.92 Å². The zero-order chi connectivity index (χ0) is 19.6. The number of nitrogens with one attached hydrogen (secondary N) is 1. The minimum Gasteiger partial charge on any atom is -0.354 e. The Morgan fingerprint density at radius 3 is 2.50 bits per heavy atom. The van der Waals surface area contributed by atoms with E-state index < -0.39 is 0 Å². The van der Waals surface area contributed by atoms with Crippen molar-refractivity contribution in [3.05, 3.63) is 35.4 Å². The molecule has 1 atom stereocenters. The van der Waals surface area contributed by atoms with Crippen molar-refractivity contribution in [1.29, 1.82) is 0 Å². The first-order valence-electron chi connectivity index (χ1n) is 11.0. The molecule has 2 amide bonds. The summed E-state index contributed by atoms with van der Waals surface area (Å²) >= 11 is 0. The highest BCUT2D eigenvalue weighted by molar-refractivity contribution is 6.00. The molecule has 1 N–H and O–H groups in total. The first kappa shape index (κ1) is 19.4. The van der Waals surface area contributed by atoms with Crippen molar-refractivity contribution in [2.24, 2.45) is 0 Å². The number of hydrogen-bond acceptors (Lipinski definition) is 3. The van der Waals surface area contributed by atoms with Crippen molar-refractivity contribution in [2.45, 2.75) is 62.8 Å². The molecule has 0 spiro atoms. The van der Waals surface area contributed by atoms with Gasteiger partial charge in [0, 0.05) is 31.2 Å². The lowest BCUT2D eigenvalue weighted by Gasteiger charge is -2.48. The van der Waals surface area contributed by atoms with E-state index in [1.54, 1.807) is 11.9 Å². The van der Waals surface area contributed by atoms with Crippen LogP contribution in [0.4, 0.5) is 0 Å². The number of likely N-dealkylation sites (tertiary alicyclic amines) is 1. The molecule has 0 bridgehead atoms. The Hall–Kier alpha value is -1.88. The number of nitrogens with zero attached hydrogens (tertiary/aromatic N) is 2. The molecule has 5 heteroatoms. The Kier molecular flexibility index (Phi) is 5.72. The van der Waals surface area contributed by atoms with Crippen molar-refractivity contribution in [2.75, 3.05) is 33.2 Å². The number of likely N-dealkylation sites (N-methyl/N-ethyl adjacent to an activating group) is 1. The molecule has 1 aromatic rings. The van der Waals surface area contributed by atoms with E-state index in [0.717, 1.165) is 12.1 Å². The smallest absolute Gasteiger partial charge is 0.253 e. The van der Waals surface area contributed by atoms with E-state index in [4.69, 9.17) is 0 Å². The fourth-order valence-electron chi connectivity index (χ4n) is 5.44. The lowest BCUT2D eigenvalue weighted by molar-refractivity contribution is -0.124. The van der Waals surface area contributed by atoms with Crippen LogP contribution >= 0.6 is 0 Å². The number of piperidine rings is 1. The zero-order valence-corrected chi connectivity index (χ0v) is 17.1. The van der Waals surface area contributed by atoms with Crippen LogP contribution in [0.25, 0.3) is 0 Å². The van der Waals surface area contributed by atoms with Gasteiger partial charge >= 0.3 is 0 Å². The quantitative estimate of drug-likeness (QED) is 0.869. The van der Waals surface area contributed by atoms with Crippen LogP contribution in [0.5, 0.6) is 0 Å². The molecule has 2 aliphatic heterocycles.